The average molecular weight is 188 g/mol. The minimum Gasteiger partial charge on any atom is -0.143 e. The summed E-state index contributed by atoms with van der Waals surface area (Å²) in [5.74, 6) is 0. The summed E-state index contributed by atoms with van der Waals surface area (Å²) in [5.41, 5.74) is 1.30. The molecule has 1 unspecified atom stereocenters. The van der Waals surface area contributed by atoms with Gasteiger partial charge in [0.1, 0.15) is 0 Å². The molecule has 0 aromatic heterocycles. The van der Waals surface area contributed by atoms with E-state index in [1.807, 2.05) is 25.6 Å². The smallest absolute Gasteiger partial charge is 0.0246 e. The van der Waals surface area contributed by atoms with E-state index in [2.05, 4.69) is 38.0 Å². The Morgan fingerprint density at radius 1 is 1.45 bits per heavy atom. The van der Waals surface area contributed by atoms with Gasteiger partial charge in [0.25, 0.3) is 0 Å². The molecule has 0 nitrogen and oxygen atoms in total. The zero-order valence-electron chi connectivity index (χ0n) is 7.59. The van der Waals surface area contributed by atoms with Crippen LogP contribution in [0, 0.1) is 0 Å². The molecule has 1 heterocycles. The van der Waals surface area contributed by atoms with Crippen LogP contribution in [0.5, 0.6) is 0 Å². The van der Waals surface area contributed by atoms with Gasteiger partial charge in [-0.15, -0.1) is 24.4 Å². The van der Waals surface area contributed by atoms with Crippen LogP contribution in [0.1, 0.15) is 27.7 Å². The number of hydrogen-bond donors (Lipinski definition) is 1. The molecule has 0 radical (unpaired) electrons. The Morgan fingerprint density at radius 3 is 2.36 bits per heavy atom. The standard InChI is InChI=1S/C7H10S2.C2H6/c1-5-3-6(2)9-4-7(5)8;1-2/h3-4,6,8H,1-2H3;1-2H3. The van der Waals surface area contributed by atoms with E-state index in [-0.39, 0.29) is 0 Å². The molecule has 2 heteroatoms. The third-order valence-corrected chi connectivity index (χ3v) is 2.88. The number of hydrogen-bond acceptors (Lipinski definition) is 2. The third-order valence-electron chi connectivity index (χ3n) is 1.28. The van der Waals surface area contributed by atoms with Crippen molar-refractivity contribution in [3.63, 3.8) is 0 Å². The molecular formula is C9H16S2. The fourth-order valence-electron chi connectivity index (χ4n) is 0.741. The average Bonchev–Trinajstić information content (AvgIpc) is 2.02. The van der Waals surface area contributed by atoms with Crippen LogP contribution in [0.4, 0.5) is 0 Å². The summed E-state index contributed by atoms with van der Waals surface area (Å²) >= 11 is 6.08. The van der Waals surface area contributed by atoms with Gasteiger partial charge in [-0.1, -0.05) is 19.9 Å². The van der Waals surface area contributed by atoms with Crippen molar-refractivity contribution in [1.82, 2.24) is 0 Å². The molecule has 1 aliphatic rings. The lowest BCUT2D eigenvalue weighted by molar-refractivity contribution is 1.21. The molecule has 1 rings (SSSR count). The predicted octanol–water partition coefficient (Wildman–Crippen LogP) is 3.87. The first-order valence-corrected chi connectivity index (χ1v) is 5.32. The molecular weight excluding hydrogens is 172 g/mol. The molecule has 1 aliphatic heterocycles. The highest BCUT2D eigenvalue weighted by Crippen LogP contribution is 2.28. The van der Waals surface area contributed by atoms with Crippen molar-refractivity contribution < 1.29 is 0 Å². The second-order valence-electron chi connectivity index (χ2n) is 2.19. The summed E-state index contributed by atoms with van der Waals surface area (Å²) in [6.45, 7) is 8.28. The minimum absolute atomic E-state index is 0.626. The van der Waals surface area contributed by atoms with Gasteiger partial charge in [-0.25, -0.2) is 0 Å². The Labute approximate surface area is 79.6 Å². The van der Waals surface area contributed by atoms with E-state index < -0.39 is 0 Å². The van der Waals surface area contributed by atoms with E-state index in [9.17, 15) is 0 Å². The van der Waals surface area contributed by atoms with E-state index in [1.165, 1.54) is 5.57 Å². The predicted molar refractivity (Wildman–Crippen MR) is 59.2 cm³/mol. The maximum atomic E-state index is 4.27. The zero-order chi connectivity index (χ0) is 8.85. The Bertz CT molecular complexity index is 168. The Morgan fingerprint density at radius 2 is 2.00 bits per heavy atom. The van der Waals surface area contributed by atoms with E-state index in [4.69, 9.17) is 0 Å². The molecule has 0 saturated heterocycles. The van der Waals surface area contributed by atoms with Crippen LogP contribution >= 0.6 is 24.4 Å². The summed E-state index contributed by atoms with van der Waals surface area (Å²) in [5, 5.41) is 2.73. The fourth-order valence-corrected chi connectivity index (χ4v) is 1.81. The first kappa shape index (κ1) is 11.2. The fraction of sp³-hybridized carbons (Fsp3) is 0.556. The van der Waals surface area contributed by atoms with E-state index in [0.29, 0.717) is 5.25 Å². The van der Waals surface area contributed by atoms with Gasteiger partial charge in [-0.05, 0) is 24.8 Å². The van der Waals surface area contributed by atoms with Crippen molar-refractivity contribution in [1.29, 1.82) is 0 Å². The first-order valence-electron chi connectivity index (χ1n) is 3.93. The summed E-state index contributed by atoms with van der Waals surface area (Å²) in [4.78, 5) is 1.11. The Hall–Kier alpha value is 0.180. The highest BCUT2D eigenvalue weighted by Gasteiger charge is 2.05. The summed E-state index contributed by atoms with van der Waals surface area (Å²) in [6.07, 6.45) is 2.23. The largest absolute Gasteiger partial charge is 0.143 e. The number of rotatable bonds is 0. The molecule has 1 atom stereocenters. The third kappa shape index (κ3) is 3.92. The van der Waals surface area contributed by atoms with Gasteiger partial charge in [-0.3, -0.25) is 0 Å². The molecule has 0 aromatic rings. The van der Waals surface area contributed by atoms with Crippen LogP contribution in [0.25, 0.3) is 0 Å². The van der Waals surface area contributed by atoms with Crippen LogP contribution in [0.3, 0.4) is 0 Å². The molecule has 0 bridgehead atoms. The van der Waals surface area contributed by atoms with E-state index in [1.54, 1.807) is 0 Å². The van der Waals surface area contributed by atoms with Gasteiger partial charge in [-0.2, -0.15) is 0 Å². The second-order valence-corrected chi connectivity index (χ2v) is 3.93. The van der Waals surface area contributed by atoms with Crippen LogP contribution in [-0.4, -0.2) is 5.25 Å². The molecule has 0 saturated carbocycles. The minimum atomic E-state index is 0.626. The van der Waals surface area contributed by atoms with Crippen molar-refractivity contribution in [2.24, 2.45) is 0 Å². The molecule has 64 valence electrons. The number of thioether (sulfide) groups is 1. The Balaban J connectivity index is 0.000000461. The highest BCUT2D eigenvalue weighted by atomic mass is 32.2. The lowest BCUT2D eigenvalue weighted by Crippen LogP contribution is -1.94. The van der Waals surface area contributed by atoms with Gasteiger partial charge in [0.15, 0.2) is 0 Å². The molecule has 0 aliphatic carbocycles. The maximum absolute atomic E-state index is 4.27. The topological polar surface area (TPSA) is 0 Å². The molecule has 0 amide bonds. The lowest BCUT2D eigenvalue weighted by Gasteiger charge is -2.11. The summed E-state index contributed by atoms with van der Waals surface area (Å²) in [7, 11) is 0. The maximum Gasteiger partial charge on any atom is 0.0246 e. The van der Waals surface area contributed by atoms with Gasteiger partial charge in [0.05, 0.1) is 0 Å². The van der Waals surface area contributed by atoms with Gasteiger partial charge < -0.3 is 0 Å². The van der Waals surface area contributed by atoms with E-state index >= 15 is 0 Å². The van der Waals surface area contributed by atoms with Crippen LogP contribution in [0.2, 0.25) is 0 Å². The SMILES string of the molecule is CC.CC1=CC(C)SC=C1S. The zero-order valence-corrected chi connectivity index (χ0v) is 9.30. The first-order chi connectivity index (χ1) is 5.20. The van der Waals surface area contributed by atoms with Gasteiger partial charge >= 0.3 is 0 Å². The van der Waals surface area contributed by atoms with Crippen LogP contribution in [-0.2, 0) is 0 Å². The van der Waals surface area contributed by atoms with Crippen molar-refractivity contribution in [2.45, 2.75) is 32.9 Å². The summed E-state index contributed by atoms with van der Waals surface area (Å²) < 4.78 is 0. The number of thiol groups is 1. The summed E-state index contributed by atoms with van der Waals surface area (Å²) in [6, 6.07) is 0. The molecule has 0 spiro atoms. The van der Waals surface area contributed by atoms with Crippen LogP contribution < -0.4 is 0 Å². The van der Waals surface area contributed by atoms with Crippen molar-refractivity contribution >= 4 is 24.4 Å². The van der Waals surface area contributed by atoms with Gasteiger partial charge in [0.2, 0.25) is 0 Å². The molecule has 0 N–H and O–H groups in total. The Kier molecular flexibility index (Phi) is 5.88. The van der Waals surface area contributed by atoms with Gasteiger partial charge in [0, 0.05) is 10.2 Å². The molecule has 11 heavy (non-hydrogen) atoms. The number of allylic oxidation sites excluding steroid dienone is 1. The van der Waals surface area contributed by atoms with E-state index in [0.717, 1.165) is 4.91 Å². The van der Waals surface area contributed by atoms with Crippen LogP contribution in [0.15, 0.2) is 22.0 Å². The quantitative estimate of drug-likeness (QED) is 0.563. The highest BCUT2D eigenvalue weighted by molar-refractivity contribution is 8.03. The van der Waals surface area contributed by atoms with Crippen molar-refractivity contribution in [3.8, 4) is 0 Å². The monoisotopic (exact) mass is 188 g/mol. The normalized spacial score (nSPS) is 22.8. The second kappa shape index (κ2) is 5.78. The van der Waals surface area contributed by atoms with Crippen molar-refractivity contribution in [2.75, 3.05) is 0 Å². The molecule has 0 fully saturated rings. The molecule has 0 aromatic carbocycles. The van der Waals surface area contributed by atoms with Crippen molar-refractivity contribution in [3.05, 3.63) is 22.0 Å². The lowest BCUT2D eigenvalue weighted by atomic mass is 10.2.